The van der Waals surface area contributed by atoms with Gasteiger partial charge in [0.1, 0.15) is 11.5 Å². The Kier molecular flexibility index (Phi) is 8.50. The number of amides is 2. The van der Waals surface area contributed by atoms with Crippen molar-refractivity contribution in [3.05, 3.63) is 48.5 Å². The van der Waals surface area contributed by atoms with Crippen LogP contribution < -0.4 is 20.1 Å². The largest absolute Gasteiger partial charge is 0.497 e. The van der Waals surface area contributed by atoms with Gasteiger partial charge in [-0.05, 0) is 48.9 Å². The first kappa shape index (κ1) is 21.7. The summed E-state index contributed by atoms with van der Waals surface area (Å²) in [6, 6.07) is 13.8. The van der Waals surface area contributed by atoms with Gasteiger partial charge in [-0.1, -0.05) is 6.07 Å². The SMILES string of the molecule is COc1ccc(OCCCC(=O)OCC(=O)Nc2cccc(NC(C)=O)c2)cc1. The van der Waals surface area contributed by atoms with E-state index in [0.717, 1.165) is 5.75 Å². The number of ether oxygens (including phenoxy) is 3. The van der Waals surface area contributed by atoms with E-state index in [1.807, 2.05) is 0 Å². The van der Waals surface area contributed by atoms with E-state index in [-0.39, 0.29) is 18.9 Å². The van der Waals surface area contributed by atoms with Crippen LogP contribution in [0.5, 0.6) is 11.5 Å². The van der Waals surface area contributed by atoms with E-state index in [4.69, 9.17) is 14.2 Å². The van der Waals surface area contributed by atoms with Crippen molar-refractivity contribution in [3.8, 4) is 11.5 Å². The van der Waals surface area contributed by atoms with Gasteiger partial charge in [0.15, 0.2) is 6.61 Å². The highest BCUT2D eigenvalue weighted by Gasteiger charge is 2.09. The van der Waals surface area contributed by atoms with Gasteiger partial charge in [-0.3, -0.25) is 14.4 Å². The summed E-state index contributed by atoms with van der Waals surface area (Å²) in [6.45, 7) is 1.36. The number of anilines is 2. The average molecular weight is 400 g/mol. The van der Waals surface area contributed by atoms with Crippen molar-refractivity contribution in [2.45, 2.75) is 19.8 Å². The van der Waals surface area contributed by atoms with Crippen molar-refractivity contribution in [2.24, 2.45) is 0 Å². The first-order chi connectivity index (χ1) is 14.0. The molecule has 0 aromatic heterocycles. The number of benzene rings is 2. The third kappa shape index (κ3) is 8.34. The van der Waals surface area contributed by atoms with Crippen LogP contribution in [0.1, 0.15) is 19.8 Å². The molecule has 2 aromatic carbocycles. The molecule has 0 saturated carbocycles. The minimum atomic E-state index is -0.481. The third-order valence-corrected chi connectivity index (χ3v) is 3.68. The Labute approximate surface area is 169 Å². The minimum absolute atomic E-state index is 0.140. The standard InChI is InChI=1S/C21H24N2O6/c1-15(24)22-16-5-3-6-17(13-16)23-20(25)14-29-21(26)7-4-12-28-19-10-8-18(27-2)9-11-19/h3,5-6,8-11,13H,4,7,12,14H2,1-2H3,(H,22,24)(H,23,25). The van der Waals surface area contributed by atoms with E-state index in [1.54, 1.807) is 55.6 Å². The molecule has 2 aromatic rings. The molecule has 0 saturated heterocycles. The minimum Gasteiger partial charge on any atom is -0.497 e. The van der Waals surface area contributed by atoms with E-state index < -0.39 is 11.9 Å². The normalized spacial score (nSPS) is 10.0. The molecule has 2 N–H and O–H groups in total. The van der Waals surface area contributed by atoms with Gasteiger partial charge < -0.3 is 24.8 Å². The molecule has 8 nitrogen and oxygen atoms in total. The monoisotopic (exact) mass is 400 g/mol. The number of carbonyl (C=O) groups is 3. The Morgan fingerprint density at radius 2 is 1.59 bits per heavy atom. The summed E-state index contributed by atoms with van der Waals surface area (Å²) in [5.74, 6) is 0.262. The molecule has 0 unspecified atom stereocenters. The van der Waals surface area contributed by atoms with Gasteiger partial charge in [-0.25, -0.2) is 0 Å². The van der Waals surface area contributed by atoms with Gasteiger partial charge in [0.05, 0.1) is 13.7 Å². The summed E-state index contributed by atoms with van der Waals surface area (Å²) in [5.41, 5.74) is 1.05. The number of esters is 1. The van der Waals surface area contributed by atoms with Crippen LogP contribution in [0.25, 0.3) is 0 Å². The lowest BCUT2D eigenvalue weighted by molar-refractivity contribution is -0.147. The molecular weight excluding hydrogens is 376 g/mol. The van der Waals surface area contributed by atoms with Crippen LogP contribution in [0.4, 0.5) is 11.4 Å². The molecule has 8 heteroatoms. The second-order valence-corrected chi connectivity index (χ2v) is 6.10. The lowest BCUT2D eigenvalue weighted by Crippen LogP contribution is -2.21. The maximum absolute atomic E-state index is 11.9. The fourth-order valence-electron chi connectivity index (χ4n) is 2.37. The molecular formula is C21H24N2O6. The van der Waals surface area contributed by atoms with Crippen LogP contribution >= 0.6 is 0 Å². The Bertz CT molecular complexity index is 835. The summed E-state index contributed by atoms with van der Waals surface area (Å²) in [4.78, 5) is 34.7. The van der Waals surface area contributed by atoms with Gasteiger partial charge in [-0.2, -0.15) is 0 Å². The van der Waals surface area contributed by atoms with Crippen LogP contribution in [0, 0.1) is 0 Å². The second kappa shape index (κ2) is 11.3. The lowest BCUT2D eigenvalue weighted by Gasteiger charge is -2.09. The lowest BCUT2D eigenvalue weighted by atomic mass is 10.2. The van der Waals surface area contributed by atoms with Crippen molar-refractivity contribution >= 4 is 29.2 Å². The van der Waals surface area contributed by atoms with E-state index >= 15 is 0 Å². The Morgan fingerprint density at radius 1 is 0.931 bits per heavy atom. The molecule has 0 spiro atoms. The summed E-state index contributed by atoms with van der Waals surface area (Å²) in [6.07, 6.45) is 0.604. The number of nitrogens with one attached hydrogen (secondary N) is 2. The predicted octanol–water partition coefficient (Wildman–Crippen LogP) is 2.99. The maximum atomic E-state index is 11.9. The van der Waals surface area contributed by atoms with Gasteiger partial charge >= 0.3 is 5.97 Å². The van der Waals surface area contributed by atoms with Crippen LogP contribution in [0.2, 0.25) is 0 Å². The highest BCUT2D eigenvalue weighted by Crippen LogP contribution is 2.17. The molecule has 2 rings (SSSR count). The van der Waals surface area contributed by atoms with Gasteiger partial charge in [0, 0.05) is 24.7 Å². The highest BCUT2D eigenvalue weighted by molar-refractivity contribution is 5.94. The molecule has 0 aliphatic rings. The van der Waals surface area contributed by atoms with E-state index in [1.165, 1.54) is 6.92 Å². The van der Waals surface area contributed by atoms with Gasteiger partial charge in [0.25, 0.3) is 5.91 Å². The van der Waals surface area contributed by atoms with Crippen molar-refractivity contribution < 1.29 is 28.6 Å². The van der Waals surface area contributed by atoms with Crippen molar-refractivity contribution in [1.29, 1.82) is 0 Å². The quantitative estimate of drug-likeness (QED) is 0.469. The first-order valence-corrected chi connectivity index (χ1v) is 9.06. The van der Waals surface area contributed by atoms with E-state index in [0.29, 0.717) is 30.2 Å². The van der Waals surface area contributed by atoms with Crippen molar-refractivity contribution in [1.82, 2.24) is 0 Å². The smallest absolute Gasteiger partial charge is 0.306 e. The van der Waals surface area contributed by atoms with Crippen LogP contribution in [-0.4, -0.2) is 38.1 Å². The summed E-state index contributed by atoms with van der Waals surface area (Å²) < 4.78 is 15.6. The predicted molar refractivity (Wildman–Crippen MR) is 108 cm³/mol. The molecule has 0 aliphatic heterocycles. The number of carbonyl (C=O) groups excluding carboxylic acids is 3. The van der Waals surface area contributed by atoms with E-state index in [9.17, 15) is 14.4 Å². The topological polar surface area (TPSA) is 103 Å². The zero-order valence-corrected chi connectivity index (χ0v) is 16.4. The zero-order chi connectivity index (χ0) is 21.1. The summed E-state index contributed by atoms with van der Waals surface area (Å²) in [7, 11) is 1.59. The Morgan fingerprint density at radius 3 is 2.24 bits per heavy atom. The van der Waals surface area contributed by atoms with Gasteiger partial charge in [-0.15, -0.1) is 0 Å². The molecule has 0 radical (unpaired) electrons. The van der Waals surface area contributed by atoms with E-state index in [2.05, 4.69) is 10.6 Å². The first-order valence-electron chi connectivity index (χ1n) is 9.06. The van der Waals surface area contributed by atoms with Gasteiger partial charge in [0.2, 0.25) is 5.91 Å². The average Bonchev–Trinajstić information content (AvgIpc) is 2.70. The van der Waals surface area contributed by atoms with Crippen LogP contribution in [0.15, 0.2) is 48.5 Å². The van der Waals surface area contributed by atoms with Crippen molar-refractivity contribution in [2.75, 3.05) is 31.0 Å². The Balaban J connectivity index is 1.64. The molecule has 2 amide bonds. The second-order valence-electron chi connectivity index (χ2n) is 6.10. The molecule has 29 heavy (non-hydrogen) atoms. The molecule has 0 aliphatic carbocycles. The number of methoxy groups -OCH3 is 1. The molecule has 0 bridgehead atoms. The molecule has 0 fully saturated rings. The third-order valence-electron chi connectivity index (χ3n) is 3.68. The zero-order valence-electron chi connectivity index (χ0n) is 16.4. The molecule has 0 heterocycles. The maximum Gasteiger partial charge on any atom is 0.306 e. The summed E-state index contributed by atoms with van der Waals surface area (Å²) in [5, 5.41) is 5.23. The highest BCUT2D eigenvalue weighted by atomic mass is 16.5. The number of rotatable bonds is 10. The molecule has 154 valence electrons. The fraction of sp³-hybridized carbons (Fsp3) is 0.286. The van der Waals surface area contributed by atoms with Crippen LogP contribution in [-0.2, 0) is 19.1 Å². The Hall–Kier alpha value is -3.55. The fourth-order valence-corrected chi connectivity index (χ4v) is 2.37. The van der Waals surface area contributed by atoms with Crippen molar-refractivity contribution in [3.63, 3.8) is 0 Å². The molecule has 0 atom stereocenters. The summed E-state index contributed by atoms with van der Waals surface area (Å²) >= 11 is 0. The van der Waals surface area contributed by atoms with Crippen LogP contribution in [0.3, 0.4) is 0 Å². The number of hydrogen-bond acceptors (Lipinski definition) is 6. The number of hydrogen-bond donors (Lipinski definition) is 2.